The molecule has 0 aromatic carbocycles. The first-order chi connectivity index (χ1) is 7.20. The number of anilines is 1. The van der Waals surface area contributed by atoms with Crippen LogP contribution in [0.1, 0.15) is 0 Å². The van der Waals surface area contributed by atoms with Crippen molar-refractivity contribution in [3.63, 3.8) is 0 Å². The van der Waals surface area contributed by atoms with Gasteiger partial charge >= 0.3 is 0 Å². The van der Waals surface area contributed by atoms with Crippen LogP contribution in [0.5, 0.6) is 0 Å². The van der Waals surface area contributed by atoms with E-state index >= 15 is 0 Å². The SMILES string of the molecule is C=CCn1ncc(NCCN)c(Cl)c1=O. The van der Waals surface area contributed by atoms with Gasteiger partial charge in [0.1, 0.15) is 5.02 Å². The summed E-state index contributed by atoms with van der Waals surface area (Å²) >= 11 is 5.86. The molecule has 3 N–H and O–H groups in total. The Bertz CT molecular complexity index is 402. The smallest absolute Gasteiger partial charge is 0.287 e. The molecule has 1 rings (SSSR count). The van der Waals surface area contributed by atoms with E-state index in [4.69, 9.17) is 17.3 Å². The van der Waals surface area contributed by atoms with Crippen molar-refractivity contribution < 1.29 is 0 Å². The monoisotopic (exact) mass is 228 g/mol. The van der Waals surface area contributed by atoms with Crippen LogP contribution in [-0.2, 0) is 6.54 Å². The first-order valence-corrected chi connectivity index (χ1v) is 4.89. The fraction of sp³-hybridized carbons (Fsp3) is 0.333. The van der Waals surface area contributed by atoms with E-state index in [9.17, 15) is 4.79 Å². The van der Waals surface area contributed by atoms with Gasteiger partial charge in [-0.1, -0.05) is 17.7 Å². The van der Waals surface area contributed by atoms with Crippen LogP contribution in [0.3, 0.4) is 0 Å². The van der Waals surface area contributed by atoms with Gasteiger partial charge in [0.25, 0.3) is 5.56 Å². The van der Waals surface area contributed by atoms with E-state index in [2.05, 4.69) is 17.0 Å². The molecule has 0 aliphatic carbocycles. The van der Waals surface area contributed by atoms with E-state index in [0.29, 0.717) is 25.3 Å². The Balaban J connectivity index is 2.99. The Hall–Kier alpha value is -1.33. The second-order valence-electron chi connectivity index (χ2n) is 2.86. The molecule has 0 saturated carbocycles. The molecule has 6 heteroatoms. The van der Waals surface area contributed by atoms with Gasteiger partial charge in [-0.05, 0) is 0 Å². The van der Waals surface area contributed by atoms with E-state index < -0.39 is 0 Å². The Morgan fingerprint density at radius 1 is 1.73 bits per heavy atom. The normalized spacial score (nSPS) is 10.0. The first kappa shape index (κ1) is 11.7. The molecule has 0 aliphatic rings. The number of allylic oxidation sites excluding steroid dienone is 1. The maximum atomic E-state index is 11.6. The molecule has 0 bridgehead atoms. The predicted octanol–water partition coefficient (Wildman–Crippen LogP) is 0.453. The average Bonchev–Trinajstić information content (AvgIpc) is 2.24. The third-order valence-corrected chi connectivity index (χ3v) is 2.11. The zero-order valence-electron chi connectivity index (χ0n) is 8.24. The van der Waals surface area contributed by atoms with Gasteiger partial charge in [0, 0.05) is 13.1 Å². The summed E-state index contributed by atoms with van der Waals surface area (Å²) < 4.78 is 1.24. The molecular formula is C9H13ClN4O. The van der Waals surface area contributed by atoms with Gasteiger partial charge in [-0.15, -0.1) is 6.58 Å². The topological polar surface area (TPSA) is 72.9 Å². The van der Waals surface area contributed by atoms with Gasteiger partial charge in [0.05, 0.1) is 18.4 Å². The highest BCUT2D eigenvalue weighted by molar-refractivity contribution is 6.32. The predicted molar refractivity (Wildman–Crippen MR) is 61.2 cm³/mol. The van der Waals surface area contributed by atoms with Crippen molar-refractivity contribution in [3.05, 3.63) is 34.2 Å². The summed E-state index contributed by atoms with van der Waals surface area (Å²) in [6.45, 7) is 4.88. The molecular weight excluding hydrogens is 216 g/mol. The fourth-order valence-corrected chi connectivity index (χ4v) is 1.26. The first-order valence-electron chi connectivity index (χ1n) is 4.51. The lowest BCUT2D eigenvalue weighted by Gasteiger charge is -2.07. The van der Waals surface area contributed by atoms with Crippen LogP contribution in [-0.4, -0.2) is 22.9 Å². The Labute approximate surface area is 92.5 Å². The second kappa shape index (κ2) is 5.53. The number of hydrogen-bond acceptors (Lipinski definition) is 4. The quantitative estimate of drug-likeness (QED) is 0.718. The van der Waals surface area contributed by atoms with Crippen molar-refractivity contribution in [2.75, 3.05) is 18.4 Å². The van der Waals surface area contributed by atoms with E-state index in [-0.39, 0.29) is 10.6 Å². The largest absolute Gasteiger partial charge is 0.381 e. The molecule has 1 aromatic heterocycles. The minimum absolute atomic E-state index is 0.125. The molecule has 15 heavy (non-hydrogen) atoms. The number of aromatic nitrogens is 2. The minimum atomic E-state index is -0.335. The number of nitrogens with one attached hydrogen (secondary N) is 1. The van der Waals surface area contributed by atoms with Crippen LogP contribution in [0.2, 0.25) is 5.02 Å². The highest BCUT2D eigenvalue weighted by Gasteiger charge is 2.07. The van der Waals surface area contributed by atoms with E-state index in [1.165, 1.54) is 10.9 Å². The average molecular weight is 229 g/mol. The zero-order valence-corrected chi connectivity index (χ0v) is 9.00. The minimum Gasteiger partial charge on any atom is -0.381 e. The molecule has 1 aromatic rings. The molecule has 0 spiro atoms. The molecule has 82 valence electrons. The summed E-state index contributed by atoms with van der Waals surface area (Å²) in [4.78, 5) is 11.6. The van der Waals surface area contributed by atoms with Crippen LogP contribution in [0.15, 0.2) is 23.6 Å². The number of hydrogen-bond donors (Lipinski definition) is 2. The summed E-state index contributed by atoms with van der Waals surface area (Å²) in [6, 6.07) is 0. The van der Waals surface area contributed by atoms with Crippen molar-refractivity contribution >= 4 is 17.3 Å². The number of nitrogens with two attached hydrogens (primary N) is 1. The Morgan fingerprint density at radius 3 is 3.07 bits per heavy atom. The van der Waals surface area contributed by atoms with E-state index in [0.717, 1.165) is 0 Å². The van der Waals surface area contributed by atoms with Crippen LogP contribution in [0.4, 0.5) is 5.69 Å². The lowest BCUT2D eigenvalue weighted by Crippen LogP contribution is -2.24. The van der Waals surface area contributed by atoms with E-state index in [1.807, 2.05) is 0 Å². The maximum absolute atomic E-state index is 11.6. The number of rotatable bonds is 5. The standard InChI is InChI=1S/C9H13ClN4O/c1-2-5-14-9(15)8(10)7(6-13-14)12-4-3-11/h2,6,12H,1,3-5,11H2. The van der Waals surface area contributed by atoms with Gasteiger partial charge in [-0.25, -0.2) is 4.68 Å². The lowest BCUT2D eigenvalue weighted by molar-refractivity contribution is 0.653. The molecule has 5 nitrogen and oxygen atoms in total. The van der Waals surface area contributed by atoms with Gasteiger partial charge in [0.15, 0.2) is 0 Å². The summed E-state index contributed by atoms with van der Waals surface area (Å²) in [5.41, 5.74) is 5.49. The molecule has 1 heterocycles. The van der Waals surface area contributed by atoms with Crippen molar-refractivity contribution in [1.82, 2.24) is 9.78 Å². The highest BCUT2D eigenvalue weighted by atomic mass is 35.5. The van der Waals surface area contributed by atoms with Crippen LogP contribution >= 0.6 is 11.6 Å². The Kier molecular flexibility index (Phi) is 4.33. The van der Waals surface area contributed by atoms with Gasteiger partial charge in [-0.3, -0.25) is 4.79 Å². The summed E-state index contributed by atoms with van der Waals surface area (Å²) in [5.74, 6) is 0. The number of halogens is 1. The van der Waals surface area contributed by atoms with Gasteiger partial charge < -0.3 is 11.1 Å². The maximum Gasteiger partial charge on any atom is 0.287 e. The fourth-order valence-electron chi connectivity index (χ4n) is 1.05. The molecule has 0 radical (unpaired) electrons. The summed E-state index contributed by atoms with van der Waals surface area (Å²) in [6.07, 6.45) is 3.08. The van der Waals surface area contributed by atoms with Gasteiger partial charge in [0.2, 0.25) is 0 Å². The summed E-state index contributed by atoms with van der Waals surface area (Å²) in [7, 11) is 0. The van der Waals surface area contributed by atoms with Crippen LogP contribution in [0, 0.1) is 0 Å². The summed E-state index contributed by atoms with van der Waals surface area (Å²) in [5, 5.41) is 6.97. The van der Waals surface area contributed by atoms with Crippen molar-refractivity contribution in [3.8, 4) is 0 Å². The highest BCUT2D eigenvalue weighted by Crippen LogP contribution is 2.14. The zero-order chi connectivity index (χ0) is 11.3. The lowest BCUT2D eigenvalue weighted by atomic mass is 10.4. The van der Waals surface area contributed by atoms with Crippen molar-refractivity contribution in [2.24, 2.45) is 5.73 Å². The van der Waals surface area contributed by atoms with Gasteiger partial charge in [-0.2, -0.15) is 5.10 Å². The van der Waals surface area contributed by atoms with E-state index in [1.54, 1.807) is 6.08 Å². The molecule has 0 unspecified atom stereocenters. The number of nitrogens with zero attached hydrogens (tertiary/aromatic N) is 2. The molecule has 0 saturated heterocycles. The third-order valence-electron chi connectivity index (χ3n) is 1.75. The Morgan fingerprint density at radius 2 is 2.47 bits per heavy atom. The molecule has 0 amide bonds. The molecule has 0 fully saturated rings. The van der Waals surface area contributed by atoms with Crippen LogP contribution in [0.25, 0.3) is 0 Å². The second-order valence-corrected chi connectivity index (χ2v) is 3.24. The van der Waals surface area contributed by atoms with Crippen LogP contribution < -0.4 is 16.6 Å². The third kappa shape index (κ3) is 2.81. The van der Waals surface area contributed by atoms with Crippen molar-refractivity contribution in [1.29, 1.82) is 0 Å². The molecule has 0 atom stereocenters. The molecule has 0 aliphatic heterocycles. The van der Waals surface area contributed by atoms with Crippen molar-refractivity contribution in [2.45, 2.75) is 6.54 Å².